The van der Waals surface area contributed by atoms with E-state index < -0.39 is 8.07 Å². The molecule has 1 heterocycles. The van der Waals surface area contributed by atoms with Gasteiger partial charge in [0.05, 0.1) is 0 Å². The summed E-state index contributed by atoms with van der Waals surface area (Å²) in [7, 11) is -3.19. The molecule has 0 fully saturated rings. The Morgan fingerprint density at radius 1 is 0.289 bits per heavy atom. The van der Waals surface area contributed by atoms with Crippen molar-refractivity contribution >= 4 is 29.6 Å². The molecule has 0 spiro atoms. The average Bonchev–Trinajstić information content (AvgIpc) is 3.43. The smallest absolute Gasteiger partial charge is 0.0988 e. The third kappa shape index (κ3) is 5.62. The van der Waals surface area contributed by atoms with Gasteiger partial charge in [-0.2, -0.15) is 0 Å². The van der Waals surface area contributed by atoms with E-state index in [4.69, 9.17) is 0 Å². The van der Waals surface area contributed by atoms with E-state index >= 15 is 0 Å². The van der Waals surface area contributed by atoms with Crippen LogP contribution in [0.4, 0.5) is 0 Å². The normalized spacial score (nSPS) is 13.4. The van der Waals surface area contributed by atoms with E-state index in [1.54, 1.807) is 0 Å². The topological polar surface area (TPSA) is 0 Å². The summed E-state index contributed by atoms with van der Waals surface area (Å²) in [6.07, 6.45) is 0. The van der Waals surface area contributed by atoms with Gasteiger partial charge in [-0.3, -0.25) is 0 Å². The molecule has 6 aromatic carbocycles. The van der Waals surface area contributed by atoms with E-state index in [9.17, 15) is 0 Å². The second-order valence-corrected chi connectivity index (χ2v) is 13.9. The van der Waals surface area contributed by atoms with Crippen molar-refractivity contribution in [2.75, 3.05) is 0 Å². The predicted molar refractivity (Wildman–Crippen MR) is 192 cm³/mol. The van der Waals surface area contributed by atoms with Gasteiger partial charge in [0, 0.05) is 11.1 Å². The molecule has 6 aromatic rings. The number of hydrogen-bond acceptors (Lipinski definition) is 0. The SMILES string of the molecule is C(#C[Si]1(C#Cc2ccccc2)C(c2ccccc2)=C(c2ccccc2)C(c2ccccc2)=C1c1ccccc1)c1ccccc1. The molecule has 0 saturated carbocycles. The average molecular weight is 587 g/mol. The Morgan fingerprint density at radius 3 is 0.867 bits per heavy atom. The summed E-state index contributed by atoms with van der Waals surface area (Å²) in [4.78, 5) is 0. The van der Waals surface area contributed by atoms with Crippen LogP contribution in [0.25, 0.3) is 21.5 Å². The van der Waals surface area contributed by atoms with Crippen molar-refractivity contribution in [2.24, 2.45) is 0 Å². The minimum absolute atomic E-state index is 0.986. The molecule has 210 valence electrons. The zero-order valence-electron chi connectivity index (χ0n) is 24.8. The van der Waals surface area contributed by atoms with E-state index in [-0.39, 0.29) is 0 Å². The van der Waals surface area contributed by atoms with Crippen molar-refractivity contribution in [2.45, 2.75) is 0 Å². The lowest BCUT2D eigenvalue weighted by Gasteiger charge is -2.24. The molecule has 0 bridgehead atoms. The summed E-state index contributed by atoms with van der Waals surface area (Å²) >= 11 is 0. The van der Waals surface area contributed by atoms with Crippen LogP contribution in [0.15, 0.2) is 182 Å². The number of benzene rings is 6. The van der Waals surface area contributed by atoms with Crippen LogP contribution >= 0.6 is 0 Å². The van der Waals surface area contributed by atoms with Crippen molar-refractivity contribution in [3.63, 3.8) is 0 Å². The molecule has 0 nitrogen and oxygen atoms in total. The van der Waals surface area contributed by atoms with Gasteiger partial charge in [-0.15, -0.1) is 0 Å². The molecule has 1 heteroatoms. The first-order valence-electron chi connectivity index (χ1n) is 15.2. The Bertz CT molecular complexity index is 1950. The lowest BCUT2D eigenvalue weighted by molar-refractivity contribution is 1.58. The second-order valence-electron chi connectivity index (χ2n) is 10.9. The van der Waals surface area contributed by atoms with Gasteiger partial charge in [0.2, 0.25) is 0 Å². The van der Waals surface area contributed by atoms with Crippen LogP contribution in [0.2, 0.25) is 0 Å². The third-order valence-corrected chi connectivity index (χ3v) is 11.7. The fourth-order valence-corrected chi connectivity index (χ4v) is 10.1. The lowest BCUT2D eigenvalue weighted by atomic mass is 9.89. The van der Waals surface area contributed by atoms with Gasteiger partial charge in [-0.1, -0.05) is 181 Å². The largest absolute Gasteiger partial charge is 0.279 e. The maximum absolute atomic E-state index is 3.98. The molecule has 0 aromatic heterocycles. The Balaban J connectivity index is 1.70. The van der Waals surface area contributed by atoms with Gasteiger partial charge in [0.1, 0.15) is 0 Å². The van der Waals surface area contributed by atoms with E-state index in [0.29, 0.717) is 0 Å². The van der Waals surface area contributed by atoms with Gasteiger partial charge in [0.15, 0.2) is 0 Å². The summed E-state index contributed by atoms with van der Waals surface area (Å²) in [6, 6.07) is 63.8. The molecule has 1 aliphatic rings. The highest BCUT2D eigenvalue weighted by Gasteiger charge is 2.50. The molecule has 0 unspecified atom stereocenters. The molecule has 0 radical (unpaired) electrons. The van der Waals surface area contributed by atoms with Crippen molar-refractivity contribution < 1.29 is 0 Å². The van der Waals surface area contributed by atoms with Crippen LogP contribution in [0.5, 0.6) is 0 Å². The first-order chi connectivity index (χ1) is 22.3. The minimum Gasteiger partial charge on any atom is -0.0988 e. The van der Waals surface area contributed by atoms with Crippen LogP contribution in [0.3, 0.4) is 0 Å². The molecule has 0 atom stereocenters. The first-order valence-corrected chi connectivity index (χ1v) is 17.2. The van der Waals surface area contributed by atoms with Crippen LogP contribution in [-0.2, 0) is 0 Å². The summed E-state index contributed by atoms with van der Waals surface area (Å²) in [5.74, 6) is 7.30. The zero-order chi connectivity index (χ0) is 30.3. The number of allylic oxidation sites excluding steroid dienone is 2. The molecule has 0 saturated heterocycles. The van der Waals surface area contributed by atoms with Crippen LogP contribution in [-0.4, -0.2) is 8.07 Å². The fraction of sp³-hybridized carbons (Fsp3) is 0. The summed E-state index contributed by atoms with van der Waals surface area (Å²) < 4.78 is 0. The van der Waals surface area contributed by atoms with E-state index in [1.165, 1.54) is 32.7 Å². The minimum atomic E-state index is -3.19. The highest BCUT2D eigenvalue weighted by molar-refractivity contribution is 7.24. The third-order valence-electron chi connectivity index (χ3n) is 8.09. The maximum atomic E-state index is 3.98. The van der Waals surface area contributed by atoms with Crippen LogP contribution in [0, 0.1) is 22.9 Å². The zero-order valence-corrected chi connectivity index (χ0v) is 25.8. The monoisotopic (exact) mass is 586 g/mol. The van der Waals surface area contributed by atoms with Crippen molar-refractivity contribution in [1.82, 2.24) is 0 Å². The van der Waals surface area contributed by atoms with Crippen molar-refractivity contribution in [3.05, 3.63) is 215 Å². The Labute approximate surface area is 267 Å². The maximum Gasteiger partial charge on any atom is 0.279 e. The van der Waals surface area contributed by atoms with E-state index in [2.05, 4.69) is 193 Å². The molecular formula is C44H30Si. The van der Waals surface area contributed by atoms with E-state index in [0.717, 1.165) is 22.3 Å². The number of hydrogen-bond donors (Lipinski definition) is 0. The predicted octanol–water partition coefficient (Wildman–Crippen LogP) is 9.93. The molecule has 45 heavy (non-hydrogen) atoms. The molecule has 0 aliphatic carbocycles. The highest BCUT2D eigenvalue weighted by Crippen LogP contribution is 2.55. The lowest BCUT2D eigenvalue weighted by Crippen LogP contribution is -2.35. The second kappa shape index (κ2) is 12.8. The van der Waals surface area contributed by atoms with Crippen molar-refractivity contribution in [1.29, 1.82) is 0 Å². The summed E-state index contributed by atoms with van der Waals surface area (Å²) in [5.41, 5.74) is 17.0. The van der Waals surface area contributed by atoms with E-state index in [1.807, 2.05) is 12.1 Å². The highest BCUT2D eigenvalue weighted by atomic mass is 28.3. The Hall–Kier alpha value is -5.86. The summed E-state index contributed by atoms with van der Waals surface area (Å²) in [5, 5.41) is 2.47. The molecule has 1 aliphatic heterocycles. The molecule has 7 rings (SSSR count). The molecule has 0 amide bonds. The summed E-state index contributed by atoms with van der Waals surface area (Å²) in [6.45, 7) is 0. The standard InChI is InChI=1S/C44H30Si/c1-7-19-35(20-8-1)31-33-45(34-32-36-21-9-2-10-22-36)43(39-27-15-5-16-28-39)41(37-23-11-3-12-24-37)42(38-25-13-4-14-26-38)44(45)40-29-17-6-18-30-40/h1-30H. The quantitative estimate of drug-likeness (QED) is 0.142. The molecular weight excluding hydrogens is 557 g/mol. The first kappa shape index (κ1) is 27.9. The van der Waals surface area contributed by atoms with Gasteiger partial charge >= 0.3 is 0 Å². The van der Waals surface area contributed by atoms with Gasteiger partial charge in [-0.05, 0) is 68.1 Å². The van der Waals surface area contributed by atoms with Gasteiger partial charge in [-0.25, -0.2) is 0 Å². The fourth-order valence-electron chi connectivity index (χ4n) is 6.12. The van der Waals surface area contributed by atoms with Crippen LogP contribution < -0.4 is 0 Å². The van der Waals surface area contributed by atoms with Gasteiger partial charge < -0.3 is 0 Å². The van der Waals surface area contributed by atoms with Crippen molar-refractivity contribution in [3.8, 4) is 22.9 Å². The Kier molecular flexibility index (Phi) is 7.94. The van der Waals surface area contributed by atoms with Gasteiger partial charge in [0.25, 0.3) is 8.07 Å². The molecule has 0 N–H and O–H groups in total. The van der Waals surface area contributed by atoms with Crippen LogP contribution in [0.1, 0.15) is 33.4 Å². The Morgan fingerprint density at radius 2 is 0.556 bits per heavy atom. The number of rotatable bonds is 4.